The van der Waals surface area contributed by atoms with Gasteiger partial charge in [0.05, 0.1) is 5.60 Å². The zero-order valence-electron chi connectivity index (χ0n) is 11.0. The predicted molar refractivity (Wildman–Crippen MR) is 66.7 cm³/mol. The quantitative estimate of drug-likeness (QED) is 0.771. The summed E-state index contributed by atoms with van der Waals surface area (Å²) in [5, 5.41) is 3.63. The van der Waals surface area contributed by atoms with Crippen LogP contribution in [0.15, 0.2) is 0 Å². The van der Waals surface area contributed by atoms with Crippen LogP contribution in [-0.4, -0.2) is 49.3 Å². The van der Waals surface area contributed by atoms with E-state index in [9.17, 15) is 0 Å². The Hall–Kier alpha value is -0.120. The summed E-state index contributed by atoms with van der Waals surface area (Å²) >= 11 is 0. The number of methoxy groups -OCH3 is 1. The lowest BCUT2D eigenvalue weighted by atomic mass is 9.79. The van der Waals surface area contributed by atoms with E-state index in [2.05, 4.69) is 24.1 Å². The van der Waals surface area contributed by atoms with Gasteiger partial charge in [-0.3, -0.25) is 4.90 Å². The average Bonchev–Trinajstić information content (AvgIpc) is 2.58. The van der Waals surface area contributed by atoms with Crippen LogP contribution in [0.2, 0.25) is 0 Å². The van der Waals surface area contributed by atoms with Gasteiger partial charge in [0.25, 0.3) is 0 Å². The molecule has 1 heterocycles. The molecule has 1 aliphatic heterocycles. The smallest absolute Gasteiger partial charge is 0.0805 e. The highest BCUT2D eigenvalue weighted by Crippen LogP contribution is 2.36. The highest BCUT2D eigenvalue weighted by atomic mass is 16.5. The van der Waals surface area contributed by atoms with Gasteiger partial charge in [-0.05, 0) is 32.2 Å². The lowest BCUT2D eigenvalue weighted by Gasteiger charge is -2.43. The van der Waals surface area contributed by atoms with E-state index in [0.717, 1.165) is 6.54 Å². The van der Waals surface area contributed by atoms with Gasteiger partial charge < -0.3 is 10.1 Å². The molecule has 1 aliphatic carbocycles. The van der Waals surface area contributed by atoms with Crippen LogP contribution in [0.4, 0.5) is 0 Å². The van der Waals surface area contributed by atoms with Gasteiger partial charge in [0, 0.05) is 32.3 Å². The van der Waals surface area contributed by atoms with E-state index in [4.69, 9.17) is 4.74 Å². The van der Waals surface area contributed by atoms with Gasteiger partial charge in [0.1, 0.15) is 0 Å². The molecule has 3 nitrogen and oxygen atoms in total. The largest absolute Gasteiger partial charge is 0.377 e. The number of nitrogens with one attached hydrogen (secondary N) is 1. The van der Waals surface area contributed by atoms with Crippen molar-refractivity contribution < 1.29 is 4.74 Å². The van der Waals surface area contributed by atoms with Gasteiger partial charge in [-0.25, -0.2) is 0 Å². The minimum Gasteiger partial charge on any atom is -0.377 e. The molecular formula is C13H26N2O. The summed E-state index contributed by atoms with van der Waals surface area (Å²) in [4.78, 5) is 2.57. The van der Waals surface area contributed by atoms with E-state index in [1.165, 1.54) is 38.8 Å². The number of hydrogen-bond acceptors (Lipinski definition) is 3. The van der Waals surface area contributed by atoms with Crippen LogP contribution in [0, 0.1) is 0 Å². The van der Waals surface area contributed by atoms with E-state index in [1.54, 1.807) is 0 Å². The topological polar surface area (TPSA) is 24.5 Å². The molecule has 2 aliphatic rings. The lowest BCUT2D eigenvalue weighted by Crippen LogP contribution is -2.49. The molecule has 0 aromatic carbocycles. The normalized spacial score (nSPS) is 29.6. The Labute approximate surface area is 99.5 Å². The SMILES string of the molecule is COC1(CN2CCC(NC(C)C)C2)CCC1. The Balaban J connectivity index is 1.76. The van der Waals surface area contributed by atoms with Crippen LogP contribution in [0.5, 0.6) is 0 Å². The molecule has 1 saturated heterocycles. The molecule has 0 radical (unpaired) electrons. The van der Waals surface area contributed by atoms with Crippen molar-refractivity contribution in [1.82, 2.24) is 10.2 Å². The highest BCUT2D eigenvalue weighted by molar-refractivity contribution is 4.95. The number of rotatable bonds is 5. The van der Waals surface area contributed by atoms with Gasteiger partial charge in [-0.2, -0.15) is 0 Å². The number of nitrogens with zero attached hydrogens (tertiary/aromatic N) is 1. The molecule has 94 valence electrons. The second-order valence-corrected chi connectivity index (χ2v) is 5.78. The molecule has 2 rings (SSSR count). The van der Waals surface area contributed by atoms with Gasteiger partial charge >= 0.3 is 0 Å². The summed E-state index contributed by atoms with van der Waals surface area (Å²) in [5.74, 6) is 0. The molecule has 16 heavy (non-hydrogen) atoms. The molecule has 0 aromatic rings. The van der Waals surface area contributed by atoms with Crippen molar-refractivity contribution in [3.63, 3.8) is 0 Å². The van der Waals surface area contributed by atoms with Crippen LogP contribution < -0.4 is 5.32 Å². The Morgan fingerprint density at radius 2 is 2.19 bits per heavy atom. The third kappa shape index (κ3) is 2.76. The third-order valence-electron chi connectivity index (χ3n) is 4.05. The first kappa shape index (κ1) is 12.3. The highest BCUT2D eigenvalue weighted by Gasteiger charge is 2.39. The maximum Gasteiger partial charge on any atom is 0.0805 e. The van der Waals surface area contributed by atoms with Crippen molar-refractivity contribution in [3.05, 3.63) is 0 Å². The van der Waals surface area contributed by atoms with Gasteiger partial charge in [-0.1, -0.05) is 13.8 Å². The molecule has 0 aromatic heterocycles. The van der Waals surface area contributed by atoms with E-state index in [1.807, 2.05) is 7.11 Å². The lowest BCUT2D eigenvalue weighted by molar-refractivity contribution is -0.0886. The summed E-state index contributed by atoms with van der Waals surface area (Å²) in [6.45, 7) is 8.02. The van der Waals surface area contributed by atoms with E-state index >= 15 is 0 Å². The first-order valence-corrected chi connectivity index (χ1v) is 6.67. The Bertz CT molecular complexity index is 220. The van der Waals surface area contributed by atoms with Gasteiger partial charge in [0.15, 0.2) is 0 Å². The molecule has 1 saturated carbocycles. The monoisotopic (exact) mass is 226 g/mol. The second kappa shape index (κ2) is 5.03. The standard InChI is InChI=1S/C13H26N2O/c1-11(2)14-12-5-8-15(9-12)10-13(16-3)6-4-7-13/h11-12,14H,4-10H2,1-3H3. The van der Waals surface area contributed by atoms with Crippen LogP contribution >= 0.6 is 0 Å². The van der Waals surface area contributed by atoms with Crippen LogP contribution in [0.25, 0.3) is 0 Å². The minimum atomic E-state index is 0.201. The fourth-order valence-corrected chi connectivity index (χ4v) is 2.99. The Kier molecular flexibility index (Phi) is 3.88. The van der Waals surface area contributed by atoms with Crippen molar-refractivity contribution in [3.8, 4) is 0 Å². The number of ether oxygens (including phenoxy) is 1. The molecule has 0 bridgehead atoms. The van der Waals surface area contributed by atoms with Crippen molar-refractivity contribution in [2.45, 2.75) is 57.2 Å². The van der Waals surface area contributed by atoms with Gasteiger partial charge in [0.2, 0.25) is 0 Å². The zero-order chi connectivity index (χ0) is 11.6. The third-order valence-corrected chi connectivity index (χ3v) is 4.05. The molecule has 1 N–H and O–H groups in total. The number of likely N-dealkylation sites (tertiary alicyclic amines) is 1. The Morgan fingerprint density at radius 3 is 2.69 bits per heavy atom. The predicted octanol–water partition coefficient (Wildman–Crippen LogP) is 1.63. The first-order valence-electron chi connectivity index (χ1n) is 6.67. The molecule has 1 atom stereocenters. The van der Waals surface area contributed by atoms with E-state index < -0.39 is 0 Å². The van der Waals surface area contributed by atoms with Crippen LogP contribution in [0.3, 0.4) is 0 Å². The number of hydrogen-bond donors (Lipinski definition) is 1. The molecule has 2 fully saturated rings. The minimum absolute atomic E-state index is 0.201. The zero-order valence-corrected chi connectivity index (χ0v) is 11.0. The molecular weight excluding hydrogens is 200 g/mol. The van der Waals surface area contributed by atoms with Crippen molar-refractivity contribution >= 4 is 0 Å². The van der Waals surface area contributed by atoms with E-state index in [0.29, 0.717) is 12.1 Å². The Morgan fingerprint density at radius 1 is 1.44 bits per heavy atom. The van der Waals surface area contributed by atoms with Crippen LogP contribution in [0.1, 0.15) is 39.5 Å². The molecule has 3 heteroatoms. The molecule has 1 unspecified atom stereocenters. The fraction of sp³-hybridized carbons (Fsp3) is 1.00. The summed E-state index contributed by atoms with van der Waals surface area (Å²) < 4.78 is 5.69. The van der Waals surface area contributed by atoms with Crippen molar-refractivity contribution in [1.29, 1.82) is 0 Å². The summed E-state index contributed by atoms with van der Waals surface area (Å²) in [6, 6.07) is 1.29. The first-order chi connectivity index (χ1) is 7.63. The average molecular weight is 226 g/mol. The van der Waals surface area contributed by atoms with Crippen molar-refractivity contribution in [2.75, 3.05) is 26.7 Å². The molecule has 0 amide bonds. The van der Waals surface area contributed by atoms with Crippen LogP contribution in [-0.2, 0) is 4.74 Å². The molecule has 0 spiro atoms. The van der Waals surface area contributed by atoms with Gasteiger partial charge in [-0.15, -0.1) is 0 Å². The summed E-state index contributed by atoms with van der Waals surface area (Å²) in [5.41, 5.74) is 0.201. The van der Waals surface area contributed by atoms with Crippen molar-refractivity contribution in [2.24, 2.45) is 0 Å². The maximum atomic E-state index is 5.69. The summed E-state index contributed by atoms with van der Waals surface area (Å²) in [7, 11) is 1.87. The van der Waals surface area contributed by atoms with E-state index in [-0.39, 0.29) is 5.60 Å². The fourth-order valence-electron chi connectivity index (χ4n) is 2.99. The maximum absolute atomic E-state index is 5.69. The summed E-state index contributed by atoms with van der Waals surface area (Å²) in [6.07, 6.45) is 5.14. The second-order valence-electron chi connectivity index (χ2n) is 5.78.